The highest BCUT2D eigenvalue weighted by Gasteiger charge is 2.17. The van der Waals surface area contributed by atoms with Crippen molar-refractivity contribution in [2.75, 3.05) is 5.75 Å². The Morgan fingerprint density at radius 2 is 2.00 bits per heavy atom. The van der Waals surface area contributed by atoms with E-state index in [-0.39, 0.29) is 12.4 Å². The number of hydrogen-bond acceptors (Lipinski definition) is 5. The quantitative estimate of drug-likeness (QED) is 0.281. The summed E-state index contributed by atoms with van der Waals surface area (Å²) < 4.78 is 9.65. The summed E-state index contributed by atoms with van der Waals surface area (Å²) in [5.41, 5.74) is 2.75. The van der Waals surface area contributed by atoms with Gasteiger partial charge < -0.3 is 13.9 Å². The van der Waals surface area contributed by atoms with Crippen molar-refractivity contribution in [3.8, 4) is 5.75 Å². The fraction of sp³-hybridized carbons (Fsp3) is 0.286. The highest BCUT2D eigenvalue weighted by Crippen LogP contribution is 2.22. The monoisotopic (exact) mass is 430 g/mol. The number of aromatic nitrogens is 4. The van der Waals surface area contributed by atoms with Crippen molar-refractivity contribution in [3.63, 3.8) is 0 Å². The van der Waals surface area contributed by atoms with Crippen molar-refractivity contribution in [3.05, 3.63) is 70.8 Å². The van der Waals surface area contributed by atoms with E-state index in [9.17, 15) is 4.79 Å². The molecule has 0 aliphatic heterocycles. The van der Waals surface area contributed by atoms with Crippen LogP contribution in [0.3, 0.4) is 0 Å². The fourth-order valence-corrected chi connectivity index (χ4v) is 3.92. The maximum absolute atomic E-state index is 12.7. The molecule has 29 heavy (non-hydrogen) atoms. The second kappa shape index (κ2) is 9.33. The number of carbonyl (C=O) groups is 1. The molecule has 0 fully saturated rings. The minimum absolute atomic E-state index is 0.0698. The minimum Gasteiger partial charge on any atom is -0.486 e. The average Bonchev–Trinajstić information content (AvgIpc) is 3.20. The highest BCUT2D eigenvalue weighted by molar-refractivity contribution is 7.99. The fourth-order valence-electron chi connectivity index (χ4n) is 2.98. The van der Waals surface area contributed by atoms with Crippen molar-refractivity contribution in [1.82, 2.24) is 19.3 Å². The van der Waals surface area contributed by atoms with Gasteiger partial charge in [0.2, 0.25) is 0 Å². The van der Waals surface area contributed by atoms with E-state index < -0.39 is 0 Å². The minimum atomic E-state index is 0.0698. The zero-order valence-corrected chi connectivity index (χ0v) is 18.3. The molecular weight excluding hydrogens is 408 g/mol. The normalized spacial score (nSPS) is 10.9. The smallest absolute Gasteiger partial charge is 0.191 e. The molecule has 0 N–H and O–H groups in total. The van der Waals surface area contributed by atoms with E-state index in [4.69, 9.17) is 16.3 Å². The van der Waals surface area contributed by atoms with Crippen molar-refractivity contribution < 1.29 is 9.53 Å². The van der Waals surface area contributed by atoms with Gasteiger partial charge >= 0.3 is 0 Å². The van der Waals surface area contributed by atoms with Crippen LogP contribution in [0.4, 0.5) is 0 Å². The summed E-state index contributed by atoms with van der Waals surface area (Å²) in [5.74, 6) is 1.75. The summed E-state index contributed by atoms with van der Waals surface area (Å²) in [6.45, 7) is 8.70. The molecule has 0 atom stereocenters. The Balaban J connectivity index is 1.61. The van der Waals surface area contributed by atoms with Crippen LogP contribution in [-0.4, -0.2) is 30.9 Å². The van der Waals surface area contributed by atoms with Gasteiger partial charge in [-0.15, -0.1) is 16.8 Å². The Morgan fingerprint density at radius 3 is 2.69 bits per heavy atom. The Morgan fingerprint density at radius 1 is 1.28 bits per heavy atom. The third-order valence-corrected chi connectivity index (χ3v) is 5.90. The topological polar surface area (TPSA) is 61.9 Å². The Bertz CT molecular complexity index is 1020. The lowest BCUT2D eigenvalue weighted by molar-refractivity contribution is 0.102. The third-order valence-electron chi connectivity index (χ3n) is 4.62. The van der Waals surface area contributed by atoms with Gasteiger partial charge in [-0.1, -0.05) is 29.4 Å². The van der Waals surface area contributed by atoms with Crippen molar-refractivity contribution in [2.24, 2.45) is 7.05 Å². The predicted molar refractivity (Wildman–Crippen MR) is 116 cm³/mol. The largest absolute Gasteiger partial charge is 0.486 e. The van der Waals surface area contributed by atoms with Gasteiger partial charge in [0.25, 0.3) is 0 Å². The first-order valence-corrected chi connectivity index (χ1v) is 10.5. The van der Waals surface area contributed by atoms with Crippen LogP contribution in [0, 0.1) is 13.8 Å². The number of hydrogen-bond donors (Lipinski definition) is 0. The molecule has 0 aliphatic rings. The number of carbonyl (C=O) groups excluding carboxylic acids is 1. The van der Waals surface area contributed by atoms with E-state index in [0.717, 1.165) is 17.0 Å². The van der Waals surface area contributed by atoms with Crippen molar-refractivity contribution in [1.29, 1.82) is 0 Å². The number of Topliss-reactive ketones (excluding diaryl/α,β-unsaturated/α-hetero) is 1. The standard InChI is InChI=1S/C21H23ClN4O2S/c1-5-10-26-14(2)11-18(15(26)3)19(27)13-29-21-24-23-20(25(21)4)12-28-17-8-6-16(22)7-9-17/h5-9,11H,1,10,12-13H2,2-4H3. The van der Waals surface area contributed by atoms with Crippen LogP contribution in [0.2, 0.25) is 5.02 Å². The van der Waals surface area contributed by atoms with Gasteiger partial charge in [-0.2, -0.15) is 0 Å². The summed E-state index contributed by atoms with van der Waals surface area (Å²) in [6.07, 6.45) is 1.83. The van der Waals surface area contributed by atoms with Crippen LogP contribution in [0.15, 0.2) is 48.1 Å². The van der Waals surface area contributed by atoms with Crippen LogP contribution in [-0.2, 0) is 20.2 Å². The lowest BCUT2D eigenvalue weighted by atomic mass is 10.2. The molecule has 0 radical (unpaired) electrons. The Labute approximate surface area is 179 Å². The summed E-state index contributed by atoms with van der Waals surface area (Å²) >= 11 is 7.25. The van der Waals surface area contributed by atoms with Gasteiger partial charge in [0, 0.05) is 35.6 Å². The number of aryl methyl sites for hydroxylation is 1. The van der Waals surface area contributed by atoms with Crippen LogP contribution in [0.1, 0.15) is 27.6 Å². The Hall–Kier alpha value is -2.51. The number of thioether (sulfide) groups is 1. The van der Waals surface area contributed by atoms with Gasteiger partial charge in [0.15, 0.2) is 16.8 Å². The van der Waals surface area contributed by atoms with Crippen LogP contribution in [0.5, 0.6) is 5.75 Å². The number of allylic oxidation sites excluding steroid dienone is 1. The van der Waals surface area contributed by atoms with Gasteiger partial charge in [0.05, 0.1) is 5.75 Å². The van der Waals surface area contributed by atoms with Crippen LogP contribution < -0.4 is 4.74 Å². The zero-order valence-electron chi connectivity index (χ0n) is 16.7. The predicted octanol–water partition coefficient (Wildman–Crippen LogP) is 4.63. The highest BCUT2D eigenvalue weighted by atomic mass is 35.5. The number of nitrogens with zero attached hydrogens (tertiary/aromatic N) is 4. The number of rotatable bonds is 9. The molecule has 2 aromatic heterocycles. The Kier molecular flexibility index (Phi) is 6.82. The molecule has 0 bridgehead atoms. The second-order valence-corrected chi connectivity index (χ2v) is 7.98. The summed E-state index contributed by atoms with van der Waals surface area (Å²) in [7, 11) is 1.86. The summed E-state index contributed by atoms with van der Waals surface area (Å²) in [5, 5.41) is 9.69. The van der Waals surface area contributed by atoms with E-state index in [2.05, 4.69) is 21.3 Å². The SMILES string of the molecule is C=CCn1c(C)cc(C(=O)CSc2nnc(COc3ccc(Cl)cc3)n2C)c1C. The molecule has 0 aliphatic carbocycles. The van der Waals surface area contributed by atoms with E-state index in [0.29, 0.717) is 34.1 Å². The first-order chi connectivity index (χ1) is 13.9. The first-order valence-electron chi connectivity index (χ1n) is 9.11. The van der Waals surface area contributed by atoms with Crippen LogP contribution >= 0.6 is 23.4 Å². The zero-order chi connectivity index (χ0) is 21.0. The molecule has 2 heterocycles. The van der Waals surface area contributed by atoms with E-state index in [1.165, 1.54) is 11.8 Å². The van der Waals surface area contributed by atoms with Crippen molar-refractivity contribution >= 4 is 29.1 Å². The maximum atomic E-state index is 12.7. The molecule has 6 nitrogen and oxygen atoms in total. The molecule has 0 spiro atoms. The number of benzene rings is 1. The molecule has 0 saturated heterocycles. The van der Waals surface area contributed by atoms with Gasteiger partial charge in [-0.3, -0.25) is 4.79 Å². The van der Waals surface area contributed by atoms with E-state index >= 15 is 0 Å². The molecule has 0 amide bonds. The molecule has 3 aromatic rings. The van der Waals surface area contributed by atoms with E-state index in [1.807, 2.05) is 37.6 Å². The van der Waals surface area contributed by atoms with Crippen molar-refractivity contribution in [2.45, 2.75) is 32.2 Å². The molecule has 3 rings (SSSR count). The van der Waals surface area contributed by atoms with E-state index in [1.54, 1.807) is 24.3 Å². The molecular formula is C21H23ClN4O2S. The first kappa shape index (κ1) is 21.2. The number of ketones is 1. The third kappa shape index (κ3) is 4.92. The molecule has 1 aromatic carbocycles. The molecule has 8 heteroatoms. The van der Waals surface area contributed by atoms with Gasteiger partial charge in [-0.25, -0.2) is 0 Å². The number of halogens is 1. The summed E-state index contributed by atoms with van der Waals surface area (Å²) in [4.78, 5) is 12.7. The second-order valence-electron chi connectivity index (χ2n) is 6.60. The number of ether oxygens (including phenoxy) is 1. The maximum Gasteiger partial charge on any atom is 0.191 e. The summed E-state index contributed by atoms with van der Waals surface area (Å²) in [6, 6.07) is 9.08. The average molecular weight is 431 g/mol. The van der Waals surface area contributed by atoms with Gasteiger partial charge in [0.1, 0.15) is 12.4 Å². The molecule has 0 saturated carbocycles. The molecule has 0 unspecified atom stereocenters. The lowest BCUT2D eigenvalue weighted by Crippen LogP contribution is -2.07. The molecule has 152 valence electrons. The lowest BCUT2D eigenvalue weighted by Gasteiger charge is -2.07. The van der Waals surface area contributed by atoms with Gasteiger partial charge in [-0.05, 0) is 44.2 Å². The van der Waals surface area contributed by atoms with Crippen LogP contribution in [0.25, 0.3) is 0 Å².